The van der Waals surface area contributed by atoms with Crippen molar-refractivity contribution >= 4 is 11.6 Å². The van der Waals surface area contributed by atoms with Gasteiger partial charge in [0.05, 0.1) is 0 Å². The summed E-state index contributed by atoms with van der Waals surface area (Å²) in [6.07, 6.45) is 1.06. The summed E-state index contributed by atoms with van der Waals surface area (Å²) in [5.74, 6) is 2.71. The van der Waals surface area contributed by atoms with E-state index in [1.54, 1.807) is 0 Å². The number of rotatable bonds is 4. The van der Waals surface area contributed by atoms with Crippen LogP contribution in [-0.4, -0.2) is 29.6 Å². The molecule has 0 atom stereocenters. The van der Waals surface area contributed by atoms with Crippen LogP contribution in [-0.2, 0) is 5.41 Å². The number of nitrogens with one attached hydrogen (secondary N) is 1. The molecule has 0 aliphatic heterocycles. The summed E-state index contributed by atoms with van der Waals surface area (Å²) in [6, 6.07) is 2.01. The van der Waals surface area contributed by atoms with E-state index in [0.29, 0.717) is 0 Å². The van der Waals surface area contributed by atoms with E-state index in [-0.39, 0.29) is 11.0 Å². The fourth-order valence-electron chi connectivity index (χ4n) is 1.62. The molecule has 108 valence electrons. The third kappa shape index (κ3) is 3.58. The van der Waals surface area contributed by atoms with E-state index in [1.807, 2.05) is 13.1 Å². The minimum Gasteiger partial charge on any atom is -0.373 e. The third-order valence-electron chi connectivity index (χ3n) is 3.76. The van der Waals surface area contributed by atoms with Gasteiger partial charge in [-0.2, -0.15) is 0 Å². The van der Waals surface area contributed by atoms with Crippen LogP contribution in [0.25, 0.3) is 0 Å². The zero-order chi connectivity index (χ0) is 14.8. The lowest BCUT2D eigenvalue weighted by molar-refractivity contribution is 0.463. The van der Waals surface area contributed by atoms with E-state index in [9.17, 15) is 0 Å². The molecule has 0 aromatic carbocycles. The Labute approximate surface area is 117 Å². The Balaban J connectivity index is 3.28. The summed E-state index contributed by atoms with van der Waals surface area (Å²) < 4.78 is 0. The van der Waals surface area contributed by atoms with E-state index in [4.69, 9.17) is 4.98 Å². The lowest BCUT2D eigenvalue weighted by Crippen LogP contribution is -2.41. The largest absolute Gasteiger partial charge is 0.373 e. The first-order chi connectivity index (χ1) is 8.61. The molecule has 0 unspecified atom stereocenters. The molecule has 0 fully saturated rings. The summed E-state index contributed by atoms with van der Waals surface area (Å²) in [6.45, 7) is 13.1. The molecule has 1 aromatic heterocycles. The topological polar surface area (TPSA) is 41.0 Å². The van der Waals surface area contributed by atoms with Crippen molar-refractivity contribution in [3.63, 3.8) is 0 Å². The Kier molecular flexibility index (Phi) is 4.43. The van der Waals surface area contributed by atoms with Gasteiger partial charge in [-0.1, -0.05) is 27.7 Å². The molecule has 0 saturated carbocycles. The Morgan fingerprint density at radius 1 is 1.16 bits per heavy atom. The zero-order valence-corrected chi connectivity index (χ0v) is 13.6. The van der Waals surface area contributed by atoms with Crippen molar-refractivity contribution < 1.29 is 0 Å². The molecule has 4 nitrogen and oxygen atoms in total. The van der Waals surface area contributed by atoms with Crippen molar-refractivity contribution in [2.24, 2.45) is 0 Å². The van der Waals surface area contributed by atoms with Crippen LogP contribution in [0.2, 0.25) is 0 Å². The van der Waals surface area contributed by atoms with Crippen molar-refractivity contribution in [1.29, 1.82) is 0 Å². The van der Waals surface area contributed by atoms with Crippen LogP contribution in [0.3, 0.4) is 0 Å². The second kappa shape index (κ2) is 5.35. The summed E-state index contributed by atoms with van der Waals surface area (Å²) in [4.78, 5) is 11.5. The molecule has 4 heteroatoms. The summed E-state index contributed by atoms with van der Waals surface area (Å²) >= 11 is 0. The highest BCUT2D eigenvalue weighted by atomic mass is 15.2. The van der Waals surface area contributed by atoms with Crippen LogP contribution >= 0.6 is 0 Å². The molecule has 0 amide bonds. The Bertz CT molecular complexity index is 432. The Hall–Kier alpha value is -1.32. The van der Waals surface area contributed by atoms with Gasteiger partial charge in [0.25, 0.3) is 0 Å². The van der Waals surface area contributed by atoms with Gasteiger partial charge < -0.3 is 10.2 Å². The van der Waals surface area contributed by atoms with Gasteiger partial charge in [0.15, 0.2) is 0 Å². The normalized spacial score (nSPS) is 12.4. The molecule has 1 rings (SSSR count). The maximum Gasteiger partial charge on any atom is 0.138 e. The molecule has 1 N–H and O–H groups in total. The third-order valence-corrected chi connectivity index (χ3v) is 3.76. The summed E-state index contributed by atoms with van der Waals surface area (Å²) in [5.41, 5.74) is 0.0212. The predicted octanol–water partition coefficient (Wildman–Crippen LogP) is 3.44. The standard InChI is InChI=1S/C15H28N4/c1-9-15(5,6)19(8)12-10-11(16-7)17-13(18-12)14(2,3)4/h10H,9H2,1-8H3,(H,16,17,18). The van der Waals surface area contributed by atoms with E-state index in [0.717, 1.165) is 23.9 Å². The first-order valence-corrected chi connectivity index (χ1v) is 6.93. The van der Waals surface area contributed by atoms with Crippen molar-refractivity contribution in [1.82, 2.24) is 9.97 Å². The van der Waals surface area contributed by atoms with Crippen molar-refractivity contribution in [2.75, 3.05) is 24.3 Å². The van der Waals surface area contributed by atoms with Gasteiger partial charge in [-0.3, -0.25) is 0 Å². The smallest absolute Gasteiger partial charge is 0.138 e. The zero-order valence-electron chi connectivity index (χ0n) is 13.6. The van der Waals surface area contributed by atoms with Gasteiger partial charge in [-0.15, -0.1) is 0 Å². The summed E-state index contributed by atoms with van der Waals surface area (Å²) in [5, 5.41) is 3.13. The van der Waals surface area contributed by atoms with Gasteiger partial charge in [-0.25, -0.2) is 9.97 Å². The van der Waals surface area contributed by atoms with E-state index >= 15 is 0 Å². The first-order valence-electron chi connectivity index (χ1n) is 6.93. The number of hydrogen-bond donors (Lipinski definition) is 1. The molecule has 0 aliphatic carbocycles. The van der Waals surface area contributed by atoms with Gasteiger partial charge in [-0.05, 0) is 20.3 Å². The average Bonchev–Trinajstić information content (AvgIpc) is 2.36. The SMILES string of the molecule is CCC(C)(C)N(C)c1cc(NC)nc(C(C)(C)C)n1. The second-order valence-corrected chi connectivity index (χ2v) is 6.66. The number of hydrogen-bond acceptors (Lipinski definition) is 4. The highest BCUT2D eigenvalue weighted by molar-refractivity contribution is 5.50. The predicted molar refractivity (Wildman–Crippen MR) is 83.1 cm³/mol. The van der Waals surface area contributed by atoms with Crippen LogP contribution in [0, 0.1) is 0 Å². The number of aromatic nitrogens is 2. The van der Waals surface area contributed by atoms with E-state index < -0.39 is 0 Å². The van der Waals surface area contributed by atoms with Gasteiger partial charge in [0.1, 0.15) is 17.5 Å². The molecule has 1 heterocycles. The van der Waals surface area contributed by atoms with Crippen molar-refractivity contribution in [3.05, 3.63) is 11.9 Å². The number of nitrogens with zero attached hydrogens (tertiary/aromatic N) is 3. The van der Waals surface area contributed by atoms with Crippen LogP contribution in [0.4, 0.5) is 11.6 Å². The molecule has 0 aliphatic rings. The fraction of sp³-hybridized carbons (Fsp3) is 0.733. The maximum atomic E-state index is 4.74. The van der Waals surface area contributed by atoms with Crippen LogP contribution < -0.4 is 10.2 Å². The molecule has 1 aromatic rings. The Morgan fingerprint density at radius 3 is 2.16 bits per heavy atom. The molecular formula is C15H28N4. The molecule has 0 spiro atoms. The molecule has 0 saturated heterocycles. The number of anilines is 2. The van der Waals surface area contributed by atoms with Crippen molar-refractivity contribution in [3.8, 4) is 0 Å². The van der Waals surface area contributed by atoms with Gasteiger partial charge >= 0.3 is 0 Å². The van der Waals surface area contributed by atoms with Crippen LogP contribution in [0.1, 0.15) is 53.8 Å². The van der Waals surface area contributed by atoms with Gasteiger partial charge in [0.2, 0.25) is 0 Å². The first kappa shape index (κ1) is 15.7. The fourth-order valence-corrected chi connectivity index (χ4v) is 1.62. The molecule has 19 heavy (non-hydrogen) atoms. The van der Waals surface area contributed by atoms with E-state index in [1.165, 1.54) is 0 Å². The molecular weight excluding hydrogens is 236 g/mol. The monoisotopic (exact) mass is 264 g/mol. The summed E-state index contributed by atoms with van der Waals surface area (Å²) in [7, 11) is 3.99. The molecule has 0 radical (unpaired) electrons. The highest BCUT2D eigenvalue weighted by Crippen LogP contribution is 2.28. The van der Waals surface area contributed by atoms with Crippen LogP contribution in [0.5, 0.6) is 0 Å². The quantitative estimate of drug-likeness (QED) is 0.904. The maximum absolute atomic E-state index is 4.74. The van der Waals surface area contributed by atoms with Gasteiger partial charge in [0, 0.05) is 31.1 Å². The van der Waals surface area contributed by atoms with Crippen LogP contribution in [0.15, 0.2) is 6.07 Å². The second-order valence-electron chi connectivity index (χ2n) is 6.66. The lowest BCUT2D eigenvalue weighted by Gasteiger charge is -2.36. The molecule has 0 bridgehead atoms. The average molecular weight is 264 g/mol. The lowest BCUT2D eigenvalue weighted by atomic mass is 9.95. The van der Waals surface area contributed by atoms with Crippen molar-refractivity contribution in [2.45, 2.75) is 58.9 Å². The minimum absolute atomic E-state index is 0.0567. The van der Waals surface area contributed by atoms with E-state index in [2.05, 4.69) is 63.8 Å². The highest BCUT2D eigenvalue weighted by Gasteiger charge is 2.25. The Morgan fingerprint density at radius 2 is 1.74 bits per heavy atom. The minimum atomic E-state index is -0.0567.